The molecule has 0 aromatic heterocycles. The van der Waals surface area contributed by atoms with Gasteiger partial charge in [0.05, 0.1) is 26.2 Å². The van der Waals surface area contributed by atoms with Gasteiger partial charge in [-0.05, 0) is 42.7 Å². The Bertz CT molecular complexity index is 1100. The number of anilines is 1. The number of methoxy groups -OCH3 is 2. The summed E-state index contributed by atoms with van der Waals surface area (Å²) in [7, 11) is -0.763. The molecule has 1 N–H and O–H groups in total. The van der Waals surface area contributed by atoms with Crippen LogP contribution in [0.3, 0.4) is 0 Å². The van der Waals surface area contributed by atoms with E-state index in [0.717, 1.165) is 29.0 Å². The van der Waals surface area contributed by atoms with Crippen molar-refractivity contribution in [3.8, 4) is 11.5 Å². The molecule has 2 aromatic rings. The minimum absolute atomic E-state index is 0.137. The van der Waals surface area contributed by atoms with Crippen LogP contribution in [-0.4, -0.2) is 64.7 Å². The van der Waals surface area contributed by atoms with Crippen LogP contribution in [-0.2, 0) is 26.2 Å². The molecule has 198 valence electrons. The largest absolute Gasteiger partial charge is 0.497 e. The molecule has 0 spiro atoms. The molecule has 0 bridgehead atoms. The summed E-state index contributed by atoms with van der Waals surface area (Å²) in [6.07, 6.45) is 3.17. The lowest BCUT2D eigenvalue weighted by molar-refractivity contribution is -0.140. The number of ether oxygens (including phenoxy) is 2. The molecule has 2 rings (SSSR count). The zero-order chi connectivity index (χ0) is 26.7. The van der Waals surface area contributed by atoms with Crippen LogP contribution in [0, 0.1) is 0 Å². The first-order valence-electron chi connectivity index (χ1n) is 12.0. The Morgan fingerprint density at radius 3 is 2.22 bits per heavy atom. The molecule has 0 saturated carbocycles. The molecule has 0 aliphatic heterocycles. The number of hydrogen-bond acceptors (Lipinski definition) is 6. The molecule has 0 fully saturated rings. The van der Waals surface area contributed by atoms with Crippen molar-refractivity contribution in [2.24, 2.45) is 0 Å². The van der Waals surface area contributed by atoms with Crippen LogP contribution in [0.25, 0.3) is 0 Å². The van der Waals surface area contributed by atoms with E-state index in [1.165, 1.54) is 12.0 Å². The topological polar surface area (TPSA) is 105 Å². The molecule has 0 aliphatic carbocycles. The SMILES string of the molecule is CCCCNC(=O)[C@H](CC)N(Cc1ccc(OC)cc1)C(=O)CN(c1cccc(OC)c1)S(C)(=O)=O. The van der Waals surface area contributed by atoms with E-state index in [-0.39, 0.29) is 12.5 Å². The van der Waals surface area contributed by atoms with Gasteiger partial charge >= 0.3 is 0 Å². The van der Waals surface area contributed by atoms with Crippen LogP contribution < -0.4 is 19.1 Å². The van der Waals surface area contributed by atoms with Crippen molar-refractivity contribution in [3.63, 3.8) is 0 Å². The Balaban J connectivity index is 2.41. The maximum atomic E-state index is 13.7. The molecule has 36 heavy (non-hydrogen) atoms. The number of carbonyl (C=O) groups excluding carboxylic acids is 2. The summed E-state index contributed by atoms with van der Waals surface area (Å²) in [5.41, 5.74) is 1.09. The van der Waals surface area contributed by atoms with Gasteiger partial charge in [-0.1, -0.05) is 38.5 Å². The zero-order valence-corrected chi connectivity index (χ0v) is 22.5. The van der Waals surface area contributed by atoms with Gasteiger partial charge in [-0.2, -0.15) is 0 Å². The minimum atomic E-state index is -3.81. The summed E-state index contributed by atoms with van der Waals surface area (Å²) < 4.78 is 36.8. The van der Waals surface area contributed by atoms with Crippen molar-refractivity contribution < 1.29 is 27.5 Å². The lowest BCUT2D eigenvalue weighted by atomic mass is 10.1. The first-order valence-corrected chi connectivity index (χ1v) is 13.8. The third-order valence-corrected chi connectivity index (χ3v) is 6.89. The van der Waals surface area contributed by atoms with Crippen LogP contribution in [0.1, 0.15) is 38.7 Å². The lowest BCUT2D eigenvalue weighted by Crippen LogP contribution is -2.52. The molecule has 0 unspecified atom stereocenters. The van der Waals surface area contributed by atoms with Gasteiger partial charge in [0.25, 0.3) is 0 Å². The van der Waals surface area contributed by atoms with Crippen molar-refractivity contribution >= 4 is 27.5 Å². The fourth-order valence-corrected chi connectivity index (χ4v) is 4.57. The number of unbranched alkanes of at least 4 members (excludes halogenated alkanes) is 1. The van der Waals surface area contributed by atoms with Gasteiger partial charge in [0, 0.05) is 19.2 Å². The summed E-state index contributed by atoms with van der Waals surface area (Å²) in [6, 6.07) is 12.9. The Morgan fingerprint density at radius 1 is 1.00 bits per heavy atom. The summed E-state index contributed by atoms with van der Waals surface area (Å²) in [6.45, 7) is 4.05. The van der Waals surface area contributed by atoms with E-state index in [2.05, 4.69) is 5.32 Å². The summed E-state index contributed by atoms with van der Waals surface area (Å²) >= 11 is 0. The summed E-state index contributed by atoms with van der Waals surface area (Å²) in [5, 5.41) is 2.90. The number of sulfonamides is 1. The number of amides is 2. The summed E-state index contributed by atoms with van der Waals surface area (Å²) in [5.74, 6) is 0.379. The second-order valence-corrected chi connectivity index (χ2v) is 10.3. The first-order chi connectivity index (χ1) is 17.1. The molecular formula is C26H37N3O6S. The molecule has 0 aliphatic rings. The lowest BCUT2D eigenvalue weighted by Gasteiger charge is -2.33. The highest BCUT2D eigenvalue weighted by Crippen LogP contribution is 2.24. The molecule has 0 saturated heterocycles. The van der Waals surface area contributed by atoms with E-state index < -0.39 is 28.5 Å². The number of nitrogens with one attached hydrogen (secondary N) is 1. The normalized spacial score (nSPS) is 11.9. The van der Waals surface area contributed by atoms with Crippen molar-refractivity contribution in [3.05, 3.63) is 54.1 Å². The van der Waals surface area contributed by atoms with Gasteiger partial charge in [-0.25, -0.2) is 8.42 Å². The number of rotatable bonds is 14. The van der Waals surface area contributed by atoms with Crippen molar-refractivity contribution in [1.82, 2.24) is 10.2 Å². The monoisotopic (exact) mass is 519 g/mol. The van der Waals surface area contributed by atoms with E-state index in [1.807, 2.05) is 26.0 Å². The predicted molar refractivity (Wildman–Crippen MR) is 141 cm³/mol. The van der Waals surface area contributed by atoms with E-state index in [4.69, 9.17) is 9.47 Å². The van der Waals surface area contributed by atoms with Gasteiger partial charge in [0.1, 0.15) is 24.1 Å². The van der Waals surface area contributed by atoms with Gasteiger partial charge in [0.15, 0.2) is 0 Å². The van der Waals surface area contributed by atoms with E-state index in [1.54, 1.807) is 43.5 Å². The highest BCUT2D eigenvalue weighted by atomic mass is 32.2. The number of nitrogens with zero attached hydrogens (tertiary/aromatic N) is 2. The number of carbonyl (C=O) groups is 2. The molecular weight excluding hydrogens is 482 g/mol. The van der Waals surface area contributed by atoms with Crippen LogP contribution in [0.4, 0.5) is 5.69 Å². The molecule has 0 heterocycles. The second kappa shape index (κ2) is 13.7. The molecule has 10 heteroatoms. The Hall–Kier alpha value is -3.27. The standard InChI is InChI=1S/C26H37N3O6S/c1-6-8-16-27-26(31)24(7-2)28(18-20-12-14-22(34-3)15-13-20)25(30)19-29(36(5,32)33)21-10-9-11-23(17-21)35-4/h9-15,17,24H,6-8,16,18-19H2,1-5H3,(H,27,31)/t24-/m0/s1. The van der Waals surface area contributed by atoms with Crippen LogP contribution in [0.2, 0.25) is 0 Å². The fourth-order valence-electron chi connectivity index (χ4n) is 3.73. The average molecular weight is 520 g/mol. The quantitative estimate of drug-likeness (QED) is 0.385. The van der Waals surface area contributed by atoms with E-state index in [9.17, 15) is 18.0 Å². The zero-order valence-electron chi connectivity index (χ0n) is 21.7. The van der Waals surface area contributed by atoms with E-state index >= 15 is 0 Å². The third-order valence-electron chi connectivity index (χ3n) is 5.75. The molecule has 2 amide bonds. The van der Waals surface area contributed by atoms with Crippen molar-refractivity contribution in [1.29, 1.82) is 0 Å². The van der Waals surface area contributed by atoms with Gasteiger partial charge < -0.3 is 19.7 Å². The second-order valence-electron chi connectivity index (χ2n) is 8.41. The number of hydrogen-bond donors (Lipinski definition) is 1. The van der Waals surface area contributed by atoms with Gasteiger partial charge in [0.2, 0.25) is 21.8 Å². The third kappa shape index (κ3) is 8.15. The Kier molecular flexibility index (Phi) is 11.0. The highest BCUT2D eigenvalue weighted by molar-refractivity contribution is 7.92. The summed E-state index contributed by atoms with van der Waals surface area (Å²) in [4.78, 5) is 28.2. The minimum Gasteiger partial charge on any atom is -0.497 e. The Labute approximate surface area is 214 Å². The van der Waals surface area contributed by atoms with Gasteiger partial charge in [-0.15, -0.1) is 0 Å². The van der Waals surface area contributed by atoms with Crippen molar-refractivity contribution in [2.45, 2.75) is 45.7 Å². The molecule has 1 atom stereocenters. The Morgan fingerprint density at radius 2 is 1.67 bits per heavy atom. The van der Waals surface area contributed by atoms with Gasteiger partial charge in [-0.3, -0.25) is 13.9 Å². The van der Waals surface area contributed by atoms with Crippen molar-refractivity contribution in [2.75, 3.05) is 37.9 Å². The molecule has 2 aromatic carbocycles. The maximum absolute atomic E-state index is 13.7. The van der Waals surface area contributed by atoms with Crippen LogP contribution in [0.5, 0.6) is 11.5 Å². The molecule has 9 nitrogen and oxygen atoms in total. The smallest absolute Gasteiger partial charge is 0.244 e. The highest BCUT2D eigenvalue weighted by Gasteiger charge is 2.31. The first kappa shape index (κ1) is 29.0. The number of benzene rings is 2. The van der Waals surface area contributed by atoms with Crippen LogP contribution >= 0.6 is 0 Å². The van der Waals surface area contributed by atoms with Crippen LogP contribution in [0.15, 0.2) is 48.5 Å². The fraction of sp³-hybridized carbons (Fsp3) is 0.462. The average Bonchev–Trinajstić information content (AvgIpc) is 2.86. The molecule has 0 radical (unpaired) electrons. The predicted octanol–water partition coefficient (Wildman–Crippen LogP) is 3.19. The van der Waals surface area contributed by atoms with E-state index in [0.29, 0.717) is 30.2 Å². The maximum Gasteiger partial charge on any atom is 0.244 e.